The van der Waals surface area contributed by atoms with E-state index in [-0.39, 0.29) is 11.8 Å². The first-order valence-electron chi connectivity index (χ1n) is 9.77. The van der Waals surface area contributed by atoms with Gasteiger partial charge in [0.25, 0.3) is 0 Å². The van der Waals surface area contributed by atoms with Crippen LogP contribution in [-0.2, 0) is 4.79 Å². The molecule has 1 aliphatic heterocycles. The number of hydrogen-bond donors (Lipinski definition) is 1. The molecule has 1 saturated heterocycles. The molecule has 1 amide bonds. The molecule has 4 rings (SSSR count). The second kappa shape index (κ2) is 8.30. The molecular weight excluding hydrogens is 366 g/mol. The van der Waals surface area contributed by atoms with E-state index in [0.717, 1.165) is 43.1 Å². The van der Waals surface area contributed by atoms with Gasteiger partial charge >= 0.3 is 0 Å². The predicted octanol–water partition coefficient (Wildman–Crippen LogP) is 2.58. The molecule has 2 aromatic heterocycles. The van der Waals surface area contributed by atoms with Crippen LogP contribution in [0.15, 0.2) is 54.9 Å². The fraction of sp³-hybridized carbons (Fsp3) is 0.333. The van der Waals surface area contributed by atoms with Crippen LogP contribution in [-0.4, -0.2) is 53.1 Å². The van der Waals surface area contributed by atoms with Gasteiger partial charge in [-0.15, -0.1) is 10.2 Å². The lowest BCUT2D eigenvalue weighted by Crippen LogP contribution is -2.38. The summed E-state index contributed by atoms with van der Waals surface area (Å²) >= 11 is 0. The zero-order valence-electron chi connectivity index (χ0n) is 16.7. The molecule has 0 saturated carbocycles. The monoisotopic (exact) mass is 391 g/mol. The van der Waals surface area contributed by atoms with Crippen molar-refractivity contribution < 1.29 is 4.79 Å². The highest BCUT2D eigenvalue weighted by atomic mass is 16.1. The summed E-state index contributed by atoms with van der Waals surface area (Å²) in [7, 11) is 3.99. The lowest BCUT2D eigenvalue weighted by Gasteiger charge is -2.31. The number of anilines is 3. The highest BCUT2D eigenvalue weighted by Crippen LogP contribution is 2.24. The summed E-state index contributed by atoms with van der Waals surface area (Å²) in [4.78, 5) is 16.8. The van der Waals surface area contributed by atoms with E-state index in [1.165, 1.54) is 0 Å². The van der Waals surface area contributed by atoms with Gasteiger partial charge in [0.2, 0.25) is 5.91 Å². The first-order chi connectivity index (χ1) is 14.1. The SMILES string of the molecule is CN(C)c1ccc(NC(=O)C2CCN(c3ccc(-n4cccn4)nn3)CC2)cc1. The fourth-order valence-electron chi connectivity index (χ4n) is 3.47. The van der Waals surface area contributed by atoms with E-state index >= 15 is 0 Å². The zero-order chi connectivity index (χ0) is 20.2. The Hall–Kier alpha value is -3.42. The van der Waals surface area contributed by atoms with Gasteiger partial charge in [-0.3, -0.25) is 4.79 Å². The van der Waals surface area contributed by atoms with Crippen LogP contribution in [0, 0.1) is 5.92 Å². The van der Waals surface area contributed by atoms with Crippen molar-refractivity contribution in [2.45, 2.75) is 12.8 Å². The summed E-state index contributed by atoms with van der Waals surface area (Å²) in [5.41, 5.74) is 1.94. The number of rotatable bonds is 5. The molecule has 8 nitrogen and oxygen atoms in total. The molecule has 0 spiro atoms. The molecule has 1 aliphatic rings. The minimum absolute atomic E-state index is 0.0103. The second-order valence-electron chi connectivity index (χ2n) is 7.39. The third kappa shape index (κ3) is 4.37. The number of piperidine rings is 1. The van der Waals surface area contributed by atoms with Crippen molar-refractivity contribution in [1.82, 2.24) is 20.0 Å². The summed E-state index contributed by atoms with van der Waals surface area (Å²) in [6.07, 6.45) is 5.14. The number of hydrogen-bond acceptors (Lipinski definition) is 6. The van der Waals surface area contributed by atoms with E-state index in [2.05, 4.69) is 25.5 Å². The van der Waals surface area contributed by atoms with E-state index < -0.39 is 0 Å². The first-order valence-corrected chi connectivity index (χ1v) is 9.77. The second-order valence-corrected chi connectivity index (χ2v) is 7.39. The van der Waals surface area contributed by atoms with Crippen LogP contribution in [0.25, 0.3) is 5.82 Å². The van der Waals surface area contributed by atoms with Crippen LogP contribution in [0.2, 0.25) is 0 Å². The van der Waals surface area contributed by atoms with Crippen molar-refractivity contribution in [3.8, 4) is 5.82 Å². The van der Waals surface area contributed by atoms with Crippen molar-refractivity contribution in [2.24, 2.45) is 5.92 Å². The topological polar surface area (TPSA) is 79.2 Å². The van der Waals surface area contributed by atoms with Crippen molar-refractivity contribution in [2.75, 3.05) is 42.3 Å². The molecule has 0 unspecified atom stereocenters. The molecule has 0 aliphatic carbocycles. The summed E-state index contributed by atoms with van der Waals surface area (Å²) in [5, 5.41) is 15.8. The number of carbonyl (C=O) groups excluding carboxylic acids is 1. The minimum Gasteiger partial charge on any atom is -0.378 e. The molecule has 0 radical (unpaired) electrons. The van der Waals surface area contributed by atoms with Gasteiger partial charge in [-0.1, -0.05) is 0 Å². The van der Waals surface area contributed by atoms with Gasteiger partial charge in [-0.05, 0) is 55.3 Å². The van der Waals surface area contributed by atoms with E-state index in [0.29, 0.717) is 5.82 Å². The van der Waals surface area contributed by atoms with Crippen molar-refractivity contribution in [3.05, 3.63) is 54.9 Å². The summed E-state index contributed by atoms with van der Waals surface area (Å²) in [5.74, 6) is 1.62. The normalized spacial score (nSPS) is 14.6. The summed E-state index contributed by atoms with van der Waals surface area (Å²) in [6.45, 7) is 1.57. The standard InChI is InChI=1S/C21H25N7O/c1-26(2)18-6-4-17(5-7-18)23-21(29)16-10-14-27(15-11-16)19-8-9-20(25-24-19)28-13-3-12-22-28/h3-9,12-13,16H,10-11,14-15H2,1-2H3,(H,23,29). The van der Waals surface area contributed by atoms with Crippen molar-refractivity contribution in [1.29, 1.82) is 0 Å². The summed E-state index contributed by atoms with van der Waals surface area (Å²) < 4.78 is 1.68. The van der Waals surface area contributed by atoms with Gasteiger partial charge < -0.3 is 15.1 Å². The Morgan fingerprint density at radius 2 is 1.72 bits per heavy atom. The third-order valence-corrected chi connectivity index (χ3v) is 5.22. The minimum atomic E-state index is 0.0103. The van der Waals surface area contributed by atoms with Crippen molar-refractivity contribution in [3.63, 3.8) is 0 Å². The maximum absolute atomic E-state index is 12.6. The average Bonchev–Trinajstić information content (AvgIpc) is 3.29. The Kier molecular flexibility index (Phi) is 5.41. The molecule has 0 atom stereocenters. The smallest absolute Gasteiger partial charge is 0.227 e. The molecule has 1 aromatic carbocycles. The lowest BCUT2D eigenvalue weighted by atomic mass is 9.96. The largest absolute Gasteiger partial charge is 0.378 e. The van der Waals surface area contributed by atoms with E-state index in [4.69, 9.17) is 0 Å². The maximum atomic E-state index is 12.6. The zero-order valence-corrected chi connectivity index (χ0v) is 16.7. The number of aromatic nitrogens is 4. The van der Waals surface area contributed by atoms with Gasteiger partial charge in [-0.25, -0.2) is 4.68 Å². The van der Waals surface area contributed by atoms with Crippen LogP contribution in [0.3, 0.4) is 0 Å². The molecule has 1 N–H and O–H groups in total. The molecule has 3 aromatic rings. The van der Waals surface area contributed by atoms with Crippen LogP contribution >= 0.6 is 0 Å². The van der Waals surface area contributed by atoms with E-state index in [9.17, 15) is 4.79 Å². The van der Waals surface area contributed by atoms with E-state index in [1.54, 1.807) is 10.9 Å². The number of nitrogens with one attached hydrogen (secondary N) is 1. The third-order valence-electron chi connectivity index (χ3n) is 5.22. The van der Waals surface area contributed by atoms with Gasteiger partial charge in [0, 0.05) is 56.9 Å². The Labute approximate surface area is 170 Å². The van der Waals surface area contributed by atoms with Crippen LogP contribution in [0.1, 0.15) is 12.8 Å². The number of nitrogens with zero attached hydrogens (tertiary/aromatic N) is 6. The van der Waals surface area contributed by atoms with Crippen LogP contribution in [0.4, 0.5) is 17.2 Å². The Balaban J connectivity index is 1.31. The number of benzene rings is 1. The highest BCUT2D eigenvalue weighted by molar-refractivity contribution is 5.92. The number of carbonyl (C=O) groups is 1. The van der Waals surface area contributed by atoms with Crippen LogP contribution < -0.4 is 15.1 Å². The molecule has 8 heteroatoms. The Morgan fingerprint density at radius 1 is 1.03 bits per heavy atom. The Morgan fingerprint density at radius 3 is 2.31 bits per heavy atom. The first kappa shape index (κ1) is 18.9. The van der Waals surface area contributed by atoms with Crippen molar-refractivity contribution >= 4 is 23.1 Å². The maximum Gasteiger partial charge on any atom is 0.227 e. The highest BCUT2D eigenvalue weighted by Gasteiger charge is 2.26. The molecule has 0 bridgehead atoms. The molecule has 29 heavy (non-hydrogen) atoms. The van der Waals surface area contributed by atoms with Crippen LogP contribution in [0.5, 0.6) is 0 Å². The quantitative estimate of drug-likeness (QED) is 0.720. The predicted molar refractivity (Wildman–Crippen MR) is 113 cm³/mol. The Bertz CT molecular complexity index is 928. The molecule has 1 fully saturated rings. The molecule has 150 valence electrons. The van der Waals surface area contributed by atoms with Gasteiger partial charge in [0.1, 0.15) is 0 Å². The van der Waals surface area contributed by atoms with E-state index in [1.807, 2.05) is 67.7 Å². The lowest BCUT2D eigenvalue weighted by molar-refractivity contribution is -0.120. The molecule has 3 heterocycles. The van der Waals surface area contributed by atoms with Gasteiger partial charge in [0.15, 0.2) is 11.6 Å². The average molecular weight is 391 g/mol. The molecular formula is C21H25N7O. The van der Waals surface area contributed by atoms with Gasteiger partial charge in [0.05, 0.1) is 0 Å². The fourth-order valence-corrected chi connectivity index (χ4v) is 3.47. The number of amides is 1. The summed E-state index contributed by atoms with van der Waals surface area (Å²) in [6, 6.07) is 13.6. The van der Waals surface area contributed by atoms with Gasteiger partial charge in [-0.2, -0.15) is 5.10 Å².